The second-order valence-electron chi connectivity index (χ2n) is 8.86. The van der Waals surface area contributed by atoms with Crippen LogP contribution in [0.2, 0.25) is 0 Å². The highest BCUT2D eigenvalue weighted by atomic mass is 32.2. The largest absolute Gasteiger partial charge is 0.510 e. The number of alkyl halides is 3. The van der Waals surface area contributed by atoms with Gasteiger partial charge in [-0.2, -0.15) is 22.6 Å². The van der Waals surface area contributed by atoms with Crippen LogP contribution in [0.4, 0.5) is 18.0 Å². The average Bonchev–Trinajstić information content (AvgIpc) is 3.41. The van der Waals surface area contributed by atoms with Gasteiger partial charge in [-0.1, -0.05) is 29.8 Å². The maximum Gasteiger partial charge on any atom is 0.510 e. The fourth-order valence-corrected chi connectivity index (χ4v) is 4.81. The molecular weight excluding hydrogens is 639 g/mol. The van der Waals surface area contributed by atoms with Crippen LogP contribution < -0.4 is 0 Å². The second kappa shape index (κ2) is 13.9. The van der Waals surface area contributed by atoms with E-state index in [1.54, 1.807) is 31.2 Å². The number of rotatable bonds is 13. The molecule has 0 fully saturated rings. The number of ether oxygens (including phenoxy) is 2. The molecule has 17 nitrogen and oxygen atoms in total. The zero-order valence-electron chi connectivity index (χ0n) is 23.1. The molecular formula is C24H22F3N5O12S. The SMILES string of the molecule is CC(=O)N(COC(=O)OC(CO[N+](=O)[O-])CO[N+](=O)[O-])S(=O)(=O)c1ccc(-n2nc(C(F)(F)F)cc2-c2ccc(C)cc2)cc1. The molecule has 0 bridgehead atoms. The molecule has 21 heteroatoms. The molecule has 3 aromatic rings. The Bertz CT molecular complexity index is 1640. The number of sulfonamides is 1. The van der Waals surface area contributed by atoms with E-state index in [-0.39, 0.29) is 15.7 Å². The summed E-state index contributed by atoms with van der Waals surface area (Å²) in [6.45, 7) is -0.676. The van der Waals surface area contributed by atoms with Crippen molar-refractivity contribution >= 4 is 22.1 Å². The molecule has 2 aromatic carbocycles. The van der Waals surface area contributed by atoms with Crippen LogP contribution in [-0.4, -0.2) is 70.8 Å². The smallest absolute Gasteiger partial charge is 0.427 e. The van der Waals surface area contributed by atoms with Crippen molar-refractivity contribution in [3.05, 3.63) is 86.1 Å². The Hall–Kier alpha value is -5.47. The molecule has 0 N–H and O–H groups in total. The average molecular weight is 662 g/mol. The van der Waals surface area contributed by atoms with Crippen LogP contribution >= 0.6 is 0 Å². The molecule has 0 aliphatic rings. The number of aryl methyl sites for hydroxylation is 1. The van der Waals surface area contributed by atoms with E-state index in [1.165, 1.54) is 0 Å². The predicted octanol–water partition coefficient (Wildman–Crippen LogP) is 3.30. The van der Waals surface area contributed by atoms with Gasteiger partial charge in [0.25, 0.3) is 20.2 Å². The summed E-state index contributed by atoms with van der Waals surface area (Å²) in [5.41, 5.74) is 0.146. The first-order chi connectivity index (χ1) is 21.0. The number of hydrogen-bond acceptors (Lipinski definition) is 13. The Morgan fingerprint density at radius 1 is 1.00 bits per heavy atom. The molecule has 0 atom stereocenters. The highest BCUT2D eigenvalue weighted by molar-refractivity contribution is 7.89. The summed E-state index contributed by atoms with van der Waals surface area (Å²) in [4.78, 5) is 52.4. The van der Waals surface area contributed by atoms with Gasteiger partial charge in [-0.05, 0) is 37.3 Å². The third kappa shape index (κ3) is 9.01. The van der Waals surface area contributed by atoms with E-state index < -0.39 is 75.1 Å². The van der Waals surface area contributed by atoms with Crippen molar-refractivity contribution in [1.82, 2.24) is 14.1 Å². The van der Waals surface area contributed by atoms with Crippen molar-refractivity contribution in [3.8, 4) is 16.9 Å². The normalized spacial score (nSPS) is 11.5. The Labute approximate surface area is 250 Å². The van der Waals surface area contributed by atoms with Gasteiger partial charge >= 0.3 is 12.3 Å². The van der Waals surface area contributed by atoms with E-state index >= 15 is 0 Å². The molecule has 1 heterocycles. The zero-order valence-corrected chi connectivity index (χ0v) is 23.9. The van der Waals surface area contributed by atoms with Gasteiger partial charge in [-0.25, -0.2) is 17.9 Å². The lowest BCUT2D eigenvalue weighted by Crippen LogP contribution is -2.39. The maximum atomic E-state index is 13.5. The Balaban J connectivity index is 1.82. The minimum Gasteiger partial charge on any atom is -0.427 e. The van der Waals surface area contributed by atoms with E-state index in [2.05, 4.69) is 24.2 Å². The number of carbonyl (C=O) groups excluding carboxylic acids is 2. The highest BCUT2D eigenvalue weighted by Gasteiger charge is 2.35. The first-order valence-corrected chi connectivity index (χ1v) is 13.7. The van der Waals surface area contributed by atoms with Crippen molar-refractivity contribution in [1.29, 1.82) is 0 Å². The van der Waals surface area contributed by atoms with Gasteiger partial charge in [-0.3, -0.25) is 4.79 Å². The summed E-state index contributed by atoms with van der Waals surface area (Å²) >= 11 is 0. The van der Waals surface area contributed by atoms with E-state index in [0.717, 1.165) is 47.5 Å². The molecule has 0 radical (unpaired) electrons. The minimum atomic E-state index is -4.78. The van der Waals surface area contributed by atoms with E-state index in [0.29, 0.717) is 5.56 Å². The molecule has 3 rings (SSSR count). The third-order valence-electron chi connectivity index (χ3n) is 5.66. The van der Waals surface area contributed by atoms with Gasteiger partial charge in [0.1, 0.15) is 13.2 Å². The van der Waals surface area contributed by atoms with Crippen LogP contribution in [0, 0.1) is 27.2 Å². The number of hydrogen-bond donors (Lipinski definition) is 0. The lowest BCUT2D eigenvalue weighted by molar-refractivity contribution is -0.768. The van der Waals surface area contributed by atoms with Crippen molar-refractivity contribution in [3.63, 3.8) is 0 Å². The summed E-state index contributed by atoms with van der Waals surface area (Å²) in [5, 5.41) is 21.8. The lowest BCUT2D eigenvalue weighted by Gasteiger charge is -2.21. The van der Waals surface area contributed by atoms with Gasteiger partial charge < -0.3 is 19.1 Å². The Morgan fingerprint density at radius 3 is 2.04 bits per heavy atom. The standard InChI is InChI=1S/C24H22F3N5O12S/c1-15-3-5-17(6-4-15)21-11-22(24(25,26)27)28-30(21)18-7-9-20(10-8-18)45(39,40)29(16(2)33)14-41-23(34)44-19(12-42-31(35)36)13-43-32(37)38/h3-11,19H,12-14H2,1-2H3. The summed E-state index contributed by atoms with van der Waals surface area (Å²) in [6.07, 6.45) is -8.22. The second-order valence-corrected chi connectivity index (χ2v) is 10.7. The lowest BCUT2D eigenvalue weighted by atomic mass is 10.1. The van der Waals surface area contributed by atoms with Crippen LogP contribution in [0.3, 0.4) is 0 Å². The van der Waals surface area contributed by atoms with Crippen LogP contribution in [-0.2, 0) is 40.1 Å². The third-order valence-corrected chi connectivity index (χ3v) is 7.47. The fraction of sp³-hybridized carbons (Fsp3) is 0.292. The summed E-state index contributed by atoms with van der Waals surface area (Å²) in [5.74, 6) is -1.14. The fourth-order valence-electron chi connectivity index (χ4n) is 3.55. The summed E-state index contributed by atoms with van der Waals surface area (Å²) in [6, 6.07) is 11.6. The highest BCUT2D eigenvalue weighted by Crippen LogP contribution is 2.33. The van der Waals surface area contributed by atoms with Crippen molar-refractivity contribution in [2.24, 2.45) is 0 Å². The molecule has 45 heavy (non-hydrogen) atoms. The first kappa shape index (κ1) is 34.0. The number of aromatic nitrogens is 2. The van der Waals surface area contributed by atoms with E-state index in [1.807, 2.05) is 0 Å². The number of amides is 1. The van der Waals surface area contributed by atoms with Crippen LogP contribution in [0.5, 0.6) is 0 Å². The quantitative estimate of drug-likeness (QED) is 0.111. The summed E-state index contributed by atoms with van der Waals surface area (Å²) in [7, 11) is -4.74. The van der Waals surface area contributed by atoms with E-state index in [9.17, 15) is 51.4 Å². The van der Waals surface area contributed by atoms with Crippen molar-refractivity contribution in [2.75, 3.05) is 19.9 Å². The minimum absolute atomic E-state index is 0.0363. The molecule has 0 saturated heterocycles. The number of nitrogens with zero attached hydrogens (tertiary/aromatic N) is 5. The molecule has 1 aromatic heterocycles. The predicted molar refractivity (Wildman–Crippen MR) is 141 cm³/mol. The Morgan fingerprint density at radius 2 is 1.56 bits per heavy atom. The molecule has 0 aliphatic carbocycles. The maximum absolute atomic E-state index is 13.5. The number of benzene rings is 2. The Kier molecular flexibility index (Phi) is 10.5. The van der Waals surface area contributed by atoms with Gasteiger partial charge in [0.05, 0.1) is 16.3 Å². The molecule has 242 valence electrons. The van der Waals surface area contributed by atoms with E-state index in [4.69, 9.17) is 0 Å². The molecule has 0 saturated carbocycles. The van der Waals surface area contributed by atoms with Gasteiger partial charge in [0, 0.05) is 12.5 Å². The monoisotopic (exact) mass is 661 g/mol. The number of halogens is 3. The van der Waals surface area contributed by atoms with Crippen LogP contribution in [0.1, 0.15) is 18.2 Å². The van der Waals surface area contributed by atoms with Gasteiger partial charge in [0.15, 0.2) is 18.5 Å². The topological polar surface area (TPSA) is 213 Å². The van der Waals surface area contributed by atoms with Gasteiger partial charge in [-0.15, -0.1) is 20.2 Å². The molecule has 0 unspecified atom stereocenters. The first-order valence-electron chi connectivity index (χ1n) is 12.2. The molecule has 0 spiro atoms. The molecule has 0 aliphatic heterocycles. The van der Waals surface area contributed by atoms with Gasteiger partial charge in [0.2, 0.25) is 5.91 Å². The van der Waals surface area contributed by atoms with Crippen molar-refractivity contribution in [2.45, 2.75) is 31.0 Å². The van der Waals surface area contributed by atoms with Crippen molar-refractivity contribution < 1.29 is 60.5 Å². The number of carbonyl (C=O) groups is 2. The van der Waals surface area contributed by atoms with Crippen LogP contribution in [0.15, 0.2) is 59.5 Å². The molecule has 1 amide bonds. The summed E-state index contributed by atoms with van der Waals surface area (Å²) < 4.78 is 77.1. The van der Waals surface area contributed by atoms with Crippen LogP contribution in [0.25, 0.3) is 16.9 Å². The zero-order chi connectivity index (χ0) is 33.5.